The van der Waals surface area contributed by atoms with Crippen LogP contribution in [0.5, 0.6) is 0 Å². The molecule has 366 valence electrons. The molecule has 3 rings (SSSR count). The Morgan fingerprint density at radius 1 is 0.879 bits per heavy atom. The SMILES string of the molecule is CC(=O)OCc1ccc(NC(=O)C(CCCCN)NC(=O)COCC(=O)NCCC(C)(C)OCCC(C)(C)OCCN/C=C(/CNC(=O)C2CCC(CN3C(=O)C=CC3=O)CC2)N=N)cc1. The van der Waals surface area contributed by atoms with Gasteiger partial charge in [0.15, 0.2) is 0 Å². The van der Waals surface area contributed by atoms with Gasteiger partial charge in [0.25, 0.3) is 11.8 Å². The van der Waals surface area contributed by atoms with Crippen LogP contribution in [-0.2, 0) is 59.1 Å². The fourth-order valence-electron chi connectivity index (χ4n) is 7.10. The number of nitrogens with two attached hydrogens (primary N) is 1. The fourth-order valence-corrected chi connectivity index (χ4v) is 7.10. The van der Waals surface area contributed by atoms with Crippen LogP contribution in [-0.4, -0.2) is 123 Å². The number of carbonyl (C=O) groups excluding carboxylic acids is 7. The number of ether oxygens (including phenoxy) is 4. The second-order valence-electron chi connectivity index (χ2n) is 17.7. The number of anilines is 1. The minimum Gasteiger partial charge on any atom is -0.461 e. The number of unbranched alkanes of at least 4 members (excludes halogenated alkanes) is 1. The maximum absolute atomic E-state index is 13.1. The molecule has 1 atom stereocenters. The van der Waals surface area contributed by atoms with E-state index in [1.54, 1.807) is 30.5 Å². The third-order valence-electron chi connectivity index (χ3n) is 11.1. The van der Waals surface area contributed by atoms with Crippen LogP contribution in [0.1, 0.15) is 98.0 Å². The number of benzene rings is 1. The van der Waals surface area contributed by atoms with Gasteiger partial charge in [-0.1, -0.05) is 12.1 Å². The summed E-state index contributed by atoms with van der Waals surface area (Å²) < 4.78 is 22.5. The molecular weight excluding hydrogens is 855 g/mol. The molecule has 0 radical (unpaired) electrons. The second kappa shape index (κ2) is 28.5. The summed E-state index contributed by atoms with van der Waals surface area (Å²) in [6, 6.07) is 5.94. The molecule has 1 aromatic carbocycles. The maximum atomic E-state index is 13.1. The van der Waals surface area contributed by atoms with E-state index in [-0.39, 0.29) is 49.3 Å². The van der Waals surface area contributed by atoms with Crippen LogP contribution in [0.25, 0.3) is 0 Å². The molecule has 1 heterocycles. The van der Waals surface area contributed by atoms with E-state index in [9.17, 15) is 33.6 Å². The van der Waals surface area contributed by atoms with E-state index >= 15 is 0 Å². The fraction of sp³-hybridized carbons (Fsp3) is 0.630. The second-order valence-corrected chi connectivity index (χ2v) is 17.7. The van der Waals surface area contributed by atoms with E-state index in [0.717, 1.165) is 18.4 Å². The molecule has 1 unspecified atom stereocenters. The average molecular weight is 926 g/mol. The number of rotatable bonds is 31. The van der Waals surface area contributed by atoms with Crippen LogP contribution in [0.2, 0.25) is 0 Å². The highest BCUT2D eigenvalue weighted by Crippen LogP contribution is 2.30. The van der Waals surface area contributed by atoms with Crippen molar-refractivity contribution in [1.82, 2.24) is 26.2 Å². The maximum Gasteiger partial charge on any atom is 0.302 e. The predicted octanol–water partition coefficient (Wildman–Crippen LogP) is 3.11. The van der Waals surface area contributed by atoms with E-state index in [4.69, 9.17) is 30.2 Å². The van der Waals surface area contributed by atoms with Gasteiger partial charge >= 0.3 is 5.97 Å². The Kier molecular flexibility index (Phi) is 23.6. The van der Waals surface area contributed by atoms with E-state index < -0.39 is 47.5 Å². The van der Waals surface area contributed by atoms with E-state index in [1.807, 2.05) is 27.7 Å². The van der Waals surface area contributed by atoms with Crippen LogP contribution >= 0.6 is 0 Å². The summed E-state index contributed by atoms with van der Waals surface area (Å²) >= 11 is 0. The first-order valence-corrected chi connectivity index (χ1v) is 22.7. The first-order chi connectivity index (χ1) is 31.4. The lowest BCUT2D eigenvalue weighted by Gasteiger charge is -2.30. The zero-order chi connectivity index (χ0) is 48.5. The third-order valence-corrected chi connectivity index (χ3v) is 11.1. The van der Waals surface area contributed by atoms with Gasteiger partial charge in [-0.05, 0) is 116 Å². The minimum atomic E-state index is -0.849. The van der Waals surface area contributed by atoms with Gasteiger partial charge in [0.05, 0.1) is 36.7 Å². The molecule has 2 aliphatic rings. The molecule has 1 aliphatic carbocycles. The smallest absolute Gasteiger partial charge is 0.302 e. The number of esters is 1. The Balaban J connectivity index is 1.25. The van der Waals surface area contributed by atoms with E-state index in [1.165, 1.54) is 24.0 Å². The molecule has 1 aliphatic heterocycles. The van der Waals surface area contributed by atoms with Crippen molar-refractivity contribution < 1.29 is 52.5 Å². The highest BCUT2D eigenvalue weighted by Gasteiger charge is 2.31. The van der Waals surface area contributed by atoms with Crippen molar-refractivity contribution in [2.24, 2.45) is 22.7 Å². The molecule has 20 heteroatoms. The van der Waals surface area contributed by atoms with Crippen molar-refractivity contribution in [3.63, 3.8) is 0 Å². The van der Waals surface area contributed by atoms with Gasteiger partial charge < -0.3 is 51.3 Å². The lowest BCUT2D eigenvalue weighted by Crippen LogP contribution is -2.45. The molecule has 1 aromatic rings. The summed E-state index contributed by atoms with van der Waals surface area (Å²) in [4.78, 5) is 87.1. The number of carbonyl (C=O) groups is 7. The van der Waals surface area contributed by atoms with Crippen molar-refractivity contribution in [2.45, 2.75) is 116 Å². The van der Waals surface area contributed by atoms with Gasteiger partial charge in [-0.2, -0.15) is 5.11 Å². The van der Waals surface area contributed by atoms with Crippen molar-refractivity contribution >= 4 is 47.1 Å². The standard InChI is InChI=1S/C46H71N9O11/c1-32(56)64-29-34-11-15-36(16-12-34)52-44(62)38(8-6-7-21-47)53-40(58)31-63-30-39(57)50-22-19-45(2,3)65-24-20-46(4,5)66-25-23-49-26-37(54-48)27-51-43(61)35-13-9-33(10-14-35)28-55-41(59)17-18-42(55)60/h11-12,15-18,26,33,35,38,48-49H,6-10,13-14,19-25,27-31,47H2,1-5H3,(H,50,57)(H,51,61)(H,52,62)(H,53,58)/b37-26-,54-48?. The van der Waals surface area contributed by atoms with Crippen molar-refractivity contribution in [3.05, 3.63) is 53.9 Å². The van der Waals surface area contributed by atoms with Crippen LogP contribution in [0.4, 0.5) is 5.69 Å². The lowest BCUT2D eigenvalue weighted by molar-refractivity contribution is -0.142. The molecule has 20 nitrogen and oxygen atoms in total. The Morgan fingerprint density at radius 3 is 2.18 bits per heavy atom. The number of amides is 6. The zero-order valence-corrected chi connectivity index (χ0v) is 39.2. The van der Waals surface area contributed by atoms with Gasteiger partial charge in [-0.15, -0.1) is 0 Å². The summed E-state index contributed by atoms with van der Waals surface area (Å²) in [5, 5.41) is 17.7. The molecule has 1 fully saturated rings. The van der Waals surface area contributed by atoms with Crippen LogP contribution < -0.4 is 32.3 Å². The van der Waals surface area contributed by atoms with Gasteiger partial charge in [0, 0.05) is 56.5 Å². The first-order valence-electron chi connectivity index (χ1n) is 22.7. The van der Waals surface area contributed by atoms with E-state index in [2.05, 4.69) is 31.7 Å². The summed E-state index contributed by atoms with van der Waals surface area (Å²) in [5.74, 6) is -2.43. The molecule has 0 spiro atoms. The molecule has 1 saturated carbocycles. The molecule has 8 N–H and O–H groups in total. The lowest BCUT2D eigenvalue weighted by atomic mass is 9.81. The average Bonchev–Trinajstić information content (AvgIpc) is 3.58. The van der Waals surface area contributed by atoms with Crippen LogP contribution in [0.3, 0.4) is 0 Å². The highest BCUT2D eigenvalue weighted by atomic mass is 16.5. The van der Waals surface area contributed by atoms with Crippen molar-refractivity contribution in [3.8, 4) is 0 Å². The Bertz CT molecular complexity index is 1830. The molecular formula is C46H71N9O11. The Labute approximate surface area is 387 Å². The molecule has 66 heavy (non-hydrogen) atoms. The predicted molar refractivity (Wildman–Crippen MR) is 244 cm³/mol. The van der Waals surface area contributed by atoms with Gasteiger partial charge in [-0.25, -0.2) is 5.53 Å². The molecule has 6 amide bonds. The number of nitrogens with one attached hydrogen (secondary N) is 6. The van der Waals surface area contributed by atoms with Gasteiger partial charge in [0.2, 0.25) is 23.6 Å². The summed E-state index contributed by atoms with van der Waals surface area (Å²) in [6.45, 7) is 10.9. The number of hydrogen-bond donors (Lipinski definition) is 7. The Hall–Kier alpha value is -5.57. The summed E-state index contributed by atoms with van der Waals surface area (Å²) in [7, 11) is 0. The van der Waals surface area contributed by atoms with Gasteiger partial charge in [0.1, 0.15) is 25.9 Å². The van der Waals surface area contributed by atoms with Crippen LogP contribution in [0, 0.1) is 17.4 Å². The zero-order valence-electron chi connectivity index (χ0n) is 39.2. The topological polar surface area (TPSA) is 282 Å². The monoisotopic (exact) mass is 926 g/mol. The van der Waals surface area contributed by atoms with Crippen molar-refractivity contribution in [1.29, 1.82) is 5.53 Å². The third kappa shape index (κ3) is 21.6. The van der Waals surface area contributed by atoms with Gasteiger partial charge in [-0.3, -0.25) is 38.5 Å². The highest BCUT2D eigenvalue weighted by molar-refractivity contribution is 6.12. The number of imide groups is 1. The van der Waals surface area contributed by atoms with Crippen molar-refractivity contribution in [2.75, 3.05) is 64.5 Å². The summed E-state index contributed by atoms with van der Waals surface area (Å²) in [5.41, 5.74) is 13.7. The normalized spacial score (nSPS) is 16.9. The molecule has 0 bridgehead atoms. The molecule has 0 aromatic heterocycles. The number of nitrogens with zero attached hydrogens (tertiary/aromatic N) is 2. The Morgan fingerprint density at radius 2 is 1.53 bits per heavy atom. The number of hydrogen-bond acceptors (Lipinski definition) is 15. The first kappa shape index (κ1) is 54.8. The minimum absolute atomic E-state index is 0.104. The largest absolute Gasteiger partial charge is 0.461 e. The quantitative estimate of drug-likeness (QED) is 0.0244. The summed E-state index contributed by atoms with van der Waals surface area (Å²) in [6.07, 6.45) is 9.73. The van der Waals surface area contributed by atoms with Crippen LogP contribution in [0.15, 0.2) is 53.4 Å². The van der Waals surface area contributed by atoms with E-state index in [0.29, 0.717) is 95.7 Å². The molecule has 0 saturated heterocycles.